The highest BCUT2D eigenvalue weighted by atomic mass is 19.1. The molecule has 3 amide bonds. The van der Waals surface area contributed by atoms with Crippen molar-refractivity contribution in [2.24, 2.45) is 0 Å². The average Bonchev–Trinajstić information content (AvgIpc) is 2.75. The summed E-state index contributed by atoms with van der Waals surface area (Å²) in [6.07, 6.45) is -0.0351. The Morgan fingerprint density at radius 2 is 1.53 bits per heavy atom. The van der Waals surface area contributed by atoms with Gasteiger partial charge in [-0.3, -0.25) is 19.3 Å². The number of rotatable bonds is 8. The third kappa shape index (κ3) is 7.10. The molecule has 1 saturated heterocycles. The van der Waals surface area contributed by atoms with Gasteiger partial charge in [-0.25, -0.2) is 8.78 Å². The van der Waals surface area contributed by atoms with Gasteiger partial charge in [-0.15, -0.1) is 0 Å². The van der Waals surface area contributed by atoms with Crippen molar-refractivity contribution in [1.82, 2.24) is 10.2 Å². The summed E-state index contributed by atoms with van der Waals surface area (Å²) in [5, 5.41) is 7.89. The normalized spacial score (nSPS) is 13.9. The maximum Gasteiger partial charge on any atom is 0.254 e. The van der Waals surface area contributed by atoms with Crippen LogP contribution in [0.2, 0.25) is 0 Å². The van der Waals surface area contributed by atoms with Gasteiger partial charge in [0.2, 0.25) is 11.8 Å². The molecule has 3 N–H and O–H groups in total. The number of ether oxygens (including phenoxy) is 1. The van der Waals surface area contributed by atoms with Gasteiger partial charge in [0.1, 0.15) is 11.6 Å². The minimum absolute atomic E-state index is 0.0167. The Labute approximate surface area is 183 Å². The van der Waals surface area contributed by atoms with E-state index in [2.05, 4.69) is 16.0 Å². The van der Waals surface area contributed by atoms with E-state index < -0.39 is 17.5 Å². The van der Waals surface area contributed by atoms with Crippen molar-refractivity contribution < 1.29 is 27.9 Å². The fourth-order valence-corrected chi connectivity index (χ4v) is 3.08. The molecular weight excluding hydrogens is 422 g/mol. The zero-order chi connectivity index (χ0) is 22.9. The molecule has 8 nitrogen and oxygen atoms in total. The second kappa shape index (κ2) is 11.3. The third-order valence-corrected chi connectivity index (χ3v) is 4.74. The molecule has 1 heterocycles. The Hall–Kier alpha value is -3.37. The molecule has 0 unspecified atom stereocenters. The van der Waals surface area contributed by atoms with Gasteiger partial charge in [0.15, 0.2) is 0 Å². The van der Waals surface area contributed by atoms with Crippen LogP contribution in [0.1, 0.15) is 16.8 Å². The third-order valence-electron chi connectivity index (χ3n) is 4.74. The first-order valence-corrected chi connectivity index (χ1v) is 10.1. The van der Waals surface area contributed by atoms with Gasteiger partial charge < -0.3 is 20.7 Å². The largest absolute Gasteiger partial charge is 0.379 e. The molecule has 1 aliphatic heterocycles. The number of hydrogen-bond donors (Lipinski definition) is 3. The summed E-state index contributed by atoms with van der Waals surface area (Å²) in [5.74, 6) is -2.95. The molecule has 2 aromatic rings. The Morgan fingerprint density at radius 1 is 0.906 bits per heavy atom. The van der Waals surface area contributed by atoms with Crippen molar-refractivity contribution in [1.29, 1.82) is 0 Å². The first-order chi connectivity index (χ1) is 15.4. The highest BCUT2D eigenvalue weighted by Gasteiger charge is 2.15. The van der Waals surface area contributed by atoms with Gasteiger partial charge in [-0.05, 0) is 36.4 Å². The monoisotopic (exact) mass is 446 g/mol. The van der Waals surface area contributed by atoms with Gasteiger partial charge in [0.05, 0.1) is 25.3 Å². The van der Waals surface area contributed by atoms with Crippen LogP contribution >= 0.6 is 0 Å². The summed E-state index contributed by atoms with van der Waals surface area (Å²) in [5.41, 5.74) is 0.838. The van der Waals surface area contributed by atoms with Gasteiger partial charge in [-0.1, -0.05) is 0 Å². The average molecular weight is 446 g/mol. The fraction of sp³-hybridized carbons (Fsp3) is 0.318. The number of anilines is 2. The molecule has 10 heteroatoms. The minimum atomic E-state index is -0.968. The summed E-state index contributed by atoms with van der Waals surface area (Å²) in [6.45, 7) is 2.95. The number of halogens is 2. The Kier molecular flexibility index (Phi) is 8.23. The van der Waals surface area contributed by atoms with Gasteiger partial charge in [0.25, 0.3) is 5.91 Å². The Bertz CT molecular complexity index is 963. The van der Waals surface area contributed by atoms with Gasteiger partial charge in [-0.2, -0.15) is 0 Å². The van der Waals surface area contributed by atoms with Crippen LogP contribution < -0.4 is 16.0 Å². The summed E-state index contributed by atoms with van der Waals surface area (Å²) < 4.78 is 31.8. The van der Waals surface area contributed by atoms with Crippen molar-refractivity contribution in [2.45, 2.75) is 6.42 Å². The highest BCUT2D eigenvalue weighted by molar-refractivity contribution is 5.96. The van der Waals surface area contributed by atoms with E-state index in [1.807, 2.05) is 4.90 Å². The van der Waals surface area contributed by atoms with Crippen LogP contribution in [0, 0.1) is 11.6 Å². The molecular formula is C22H24F2N4O4. The van der Waals surface area contributed by atoms with E-state index in [4.69, 9.17) is 4.74 Å². The van der Waals surface area contributed by atoms with Crippen LogP contribution in [0.25, 0.3) is 0 Å². The van der Waals surface area contributed by atoms with E-state index >= 15 is 0 Å². The lowest BCUT2D eigenvalue weighted by Gasteiger charge is -2.25. The fourth-order valence-electron chi connectivity index (χ4n) is 3.08. The molecule has 0 bridgehead atoms. The number of hydrogen-bond acceptors (Lipinski definition) is 5. The summed E-state index contributed by atoms with van der Waals surface area (Å²) >= 11 is 0. The quantitative estimate of drug-likeness (QED) is 0.576. The number of amides is 3. The Balaban J connectivity index is 1.39. The molecule has 0 aliphatic carbocycles. The van der Waals surface area contributed by atoms with E-state index in [1.54, 1.807) is 24.3 Å². The lowest BCUT2D eigenvalue weighted by Crippen LogP contribution is -2.41. The molecule has 0 radical (unpaired) electrons. The van der Waals surface area contributed by atoms with Crippen molar-refractivity contribution >= 4 is 29.1 Å². The number of carbonyl (C=O) groups is 3. The molecule has 1 aliphatic rings. The molecule has 2 aromatic carbocycles. The maximum absolute atomic E-state index is 13.6. The molecule has 32 heavy (non-hydrogen) atoms. The van der Waals surface area contributed by atoms with Crippen LogP contribution in [0.4, 0.5) is 20.2 Å². The first-order valence-electron chi connectivity index (χ1n) is 10.1. The number of nitrogens with zero attached hydrogens (tertiary/aromatic N) is 1. The maximum atomic E-state index is 13.6. The predicted octanol–water partition coefficient (Wildman–Crippen LogP) is 1.99. The molecule has 3 rings (SSSR count). The van der Waals surface area contributed by atoms with Crippen LogP contribution in [-0.4, -0.2) is 62.0 Å². The summed E-state index contributed by atoms with van der Waals surface area (Å²) in [4.78, 5) is 38.1. The molecule has 0 saturated carbocycles. The standard InChI is InChI=1S/C22H24F2N4O4/c23-15-1-6-18(19(24)13-15)22(31)25-8-7-20(29)26-16-2-4-17(5-3-16)27-21(30)14-28-9-11-32-12-10-28/h1-6,13H,7-12,14H2,(H,25,31)(H,26,29)(H,27,30). The van der Waals surface area contributed by atoms with Crippen molar-refractivity contribution in [3.05, 3.63) is 59.7 Å². The number of carbonyl (C=O) groups excluding carboxylic acids is 3. The predicted molar refractivity (Wildman–Crippen MR) is 114 cm³/mol. The topological polar surface area (TPSA) is 99.8 Å². The van der Waals surface area contributed by atoms with E-state index in [1.165, 1.54) is 0 Å². The minimum Gasteiger partial charge on any atom is -0.379 e. The van der Waals surface area contributed by atoms with E-state index in [-0.39, 0.29) is 36.9 Å². The number of benzene rings is 2. The van der Waals surface area contributed by atoms with E-state index in [0.717, 1.165) is 25.2 Å². The van der Waals surface area contributed by atoms with Gasteiger partial charge in [0, 0.05) is 43.5 Å². The molecule has 170 valence electrons. The Morgan fingerprint density at radius 3 is 2.16 bits per heavy atom. The molecule has 0 atom stereocenters. The zero-order valence-electron chi connectivity index (χ0n) is 17.3. The number of morpholine rings is 1. The first kappa shape index (κ1) is 23.3. The van der Waals surface area contributed by atoms with Crippen LogP contribution in [0.5, 0.6) is 0 Å². The smallest absolute Gasteiger partial charge is 0.254 e. The van der Waals surface area contributed by atoms with Crippen LogP contribution in [0.15, 0.2) is 42.5 Å². The van der Waals surface area contributed by atoms with Crippen molar-refractivity contribution in [3.8, 4) is 0 Å². The van der Waals surface area contributed by atoms with Gasteiger partial charge >= 0.3 is 0 Å². The van der Waals surface area contributed by atoms with Crippen LogP contribution in [-0.2, 0) is 14.3 Å². The molecule has 1 fully saturated rings. The van der Waals surface area contributed by atoms with Crippen molar-refractivity contribution in [2.75, 3.05) is 50.0 Å². The van der Waals surface area contributed by atoms with E-state index in [9.17, 15) is 23.2 Å². The zero-order valence-corrected chi connectivity index (χ0v) is 17.3. The van der Waals surface area contributed by atoms with Crippen LogP contribution in [0.3, 0.4) is 0 Å². The second-order valence-electron chi connectivity index (χ2n) is 7.19. The molecule has 0 spiro atoms. The SMILES string of the molecule is O=C(CCNC(=O)c1ccc(F)cc1F)Nc1ccc(NC(=O)CN2CCOCC2)cc1. The van der Waals surface area contributed by atoms with E-state index in [0.29, 0.717) is 30.7 Å². The summed E-state index contributed by atoms with van der Waals surface area (Å²) in [6, 6.07) is 9.29. The lowest BCUT2D eigenvalue weighted by molar-refractivity contribution is -0.118. The number of nitrogens with one attached hydrogen (secondary N) is 3. The molecule has 0 aromatic heterocycles. The van der Waals surface area contributed by atoms with Crippen molar-refractivity contribution in [3.63, 3.8) is 0 Å². The highest BCUT2D eigenvalue weighted by Crippen LogP contribution is 2.14. The summed E-state index contributed by atoms with van der Waals surface area (Å²) in [7, 11) is 0. The second-order valence-corrected chi connectivity index (χ2v) is 7.19. The lowest BCUT2D eigenvalue weighted by atomic mass is 10.2.